The maximum Gasteiger partial charge on any atom is 0.420 e. The van der Waals surface area contributed by atoms with Crippen LogP contribution in [0.4, 0.5) is 38.3 Å². The molecule has 0 radical (unpaired) electrons. The van der Waals surface area contributed by atoms with E-state index in [1.165, 1.54) is 37.6 Å². The largest absolute Gasteiger partial charge is 0.495 e. The van der Waals surface area contributed by atoms with Crippen molar-refractivity contribution in [1.82, 2.24) is 9.97 Å². The van der Waals surface area contributed by atoms with Crippen LogP contribution in [0.25, 0.3) is 0 Å². The zero-order chi connectivity index (χ0) is 27.3. The molecule has 1 heterocycles. The fourth-order valence-corrected chi connectivity index (χ4v) is 3.70. The van der Waals surface area contributed by atoms with Gasteiger partial charge in [-0.3, -0.25) is 5.32 Å². The fourth-order valence-electron chi connectivity index (χ4n) is 3.11. The number of nitrogens with one attached hydrogen (secondary N) is 2. The molecule has 13 heteroatoms. The molecule has 0 aliphatic rings. The first-order chi connectivity index (χ1) is 17.4. The first-order valence-corrected chi connectivity index (χ1v) is 11.6. The van der Waals surface area contributed by atoms with Crippen molar-refractivity contribution < 1.29 is 23.8 Å². The third-order valence-electron chi connectivity index (χ3n) is 4.69. The number of carbonyl (C=O) groups is 2. The molecule has 0 atom stereocenters. The summed E-state index contributed by atoms with van der Waals surface area (Å²) in [6.07, 6.45) is 0.456. The van der Waals surface area contributed by atoms with Crippen molar-refractivity contribution in [3.8, 4) is 11.5 Å². The van der Waals surface area contributed by atoms with Crippen LogP contribution in [0.1, 0.15) is 20.8 Å². The summed E-state index contributed by atoms with van der Waals surface area (Å²) in [5.74, 6) is 0.663. The van der Waals surface area contributed by atoms with E-state index in [0.717, 1.165) is 0 Å². The molecule has 0 unspecified atom stereocenters. The van der Waals surface area contributed by atoms with Gasteiger partial charge in [0.05, 0.1) is 31.3 Å². The highest BCUT2D eigenvalue weighted by atomic mass is 35.5. The van der Waals surface area contributed by atoms with Crippen molar-refractivity contribution in [3.63, 3.8) is 0 Å². The third-order valence-corrected chi connectivity index (χ3v) is 5.44. The van der Waals surface area contributed by atoms with Crippen LogP contribution >= 0.6 is 23.2 Å². The number of ether oxygens (including phenoxy) is 3. The summed E-state index contributed by atoms with van der Waals surface area (Å²) in [5.41, 5.74) is 6.06. The van der Waals surface area contributed by atoms with Gasteiger partial charge in [-0.25, -0.2) is 24.5 Å². The standard InChI is InChI=1S/C24H26Cl2N6O5/c1-24(2,3)37-23(34)32(14-9-7-6-8-13(14)27)18-11-17(28-12-29-18)30-22(33)31-21-19(25)15(35-4)10-16(36-5)20(21)26/h6-12H,27H2,1-5H3,(H2,28,29,30,31,33). The van der Waals surface area contributed by atoms with Crippen molar-refractivity contribution in [1.29, 1.82) is 0 Å². The monoisotopic (exact) mass is 548 g/mol. The Labute approximate surface area is 223 Å². The average molecular weight is 549 g/mol. The van der Waals surface area contributed by atoms with Crippen molar-refractivity contribution in [2.24, 2.45) is 0 Å². The molecule has 0 saturated heterocycles. The van der Waals surface area contributed by atoms with Gasteiger partial charge in [-0.1, -0.05) is 35.3 Å². The number of methoxy groups -OCH3 is 2. The number of amides is 3. The molecule has 196 valence electrons. The van der Waals surface area contributed by atoms with Gasteiger partial charge in [-0.2, -0.15) is 0 Å². The van der Waals surface area contributed by atoms with Gasteiger partial charge < -0.3 is 25.3 Å². The predicted molar refractivity (Wildman–Crippen MR) is 143 cm³/mol. The smallest absolute Gasteiger partial charge is 0.420 e. The van der Waals surface area contributed by atoms with Crippen molar-refractivity contribution >= 4 is 64.0 Å². The topological polar surface area (TPSA) is 141 Å². The predicted octanol–water partition coefficient (Wildman–Crippen LogP) is 6.10. The van der Waals surface area contributed by atoms with E-state index in [0.29, 0.717) is 11.4 Å². The van der Waals surface area contributed by atoms with Gasteiger partial charge in [0.2, 0.25) is 0 Å². The van der Waals surface area contributed by atoms with Gasteiger partial charge in [-0.05, 0) is 32.9 Å². The Morgan fingerprint density at radius 3 is 2.16 bits per heavy atom. The summed E-state index contributed by atoms with van der Waals surface area (Å²) >= 11 is 12.6. The molecule has 3 amide bonds. The lowest BCUT2D eigenvalue weighted by atomic mass is 10.2. The molecule has 0 fully saturated rings. The molecule has 0 bridgehead atoms. The van der Waals surface area contributed by atoms with Crippen molar-refractivity contribution in [2.75, 3.05) is 35.5 Å². The van der Waals surface area contributed by atoms with Gasteiger partial charge in [0.15, 0.2) is 0 Å². The van der Waals surface area contributed by atoms with Gasteiger partial charge in [0.25, 0.3) is 0 Å². The second kappa shape index (κ2) is 11.4. The molecule has 0 aliphatic carbocycles. The van der Waals surface area contributed by atoms with Crippen LogP contribution in [0.3, 0.4) is 0 Å². The Balaban J connectivity index is 1.92. The number of carbonyl (C=O) groups excluding carboxylic acids is 2. The number of hydrogen-bond acceptors (Lipinski definition) is 8. The lowest BCUT2D eigenvalue weighted by Crippen LogP contribution is -2.34. The third kappa shape index (κ3) is 6.63. The molecular formula is C24H26Cl2N6O5. The van der Waals surface area contributed by atoms with E-state index in [-0.39, 0.29) is 38.9 Å². The number of nitrogen functional groups attached to an aromatic ring is 1. The van der Waals surface area contributed by atoms with Crippen LogP contribution in [0.15, 0.2) is 42.7 Å². The number of halogens is 2. The van der Waals surface area contributed by atoms with Crippen LogP contribution in [-0.2, 0) is 4.74 Å². The van der Waals surface area contributed by atoms with Gasteiger partial charge in [-0.15, -0.1) is 0 Å². The van der Waals surface area contributed by atoms with E-state index in [2.05, 4.69) is 20.6 Å². The number of aromatic nitrogens is 2. The molecule has 37 heavy (non-hydrogen) atoms. The van der Waals surface area contributed by atoms with E-state index in [4.69, 9.17) is 43.1 Å². The fraction of sp³-hybridized carbons (Fsp3) is 0.250. The number of nitrogens with two attached hydrogens (primary N) is 1. The molecule has 3 aromatic rings. The second-order valence-corrected chi connectivity index (χ2v) is 9.26. The molecule has 2 aromatic carbocycles. The minimum atomic E-state index is -0.788. The Kier molecular flexibility index (Phi) is 8.51. The zero-order valence-electron chi connectivity index (χ0n) is 20.8. The molecule has 3 rings (SSSR count). The summed E-state index contributed by atoms with van der Waals surface area (Å²) in [4.78, 5) is 35.4. The second-order valence-electron chi connectivity index (χ2n) is 8.50. The number of urea groups is 1. The zero-order valence-corrected chi connectivity index (χ0v) is 22.3. The summed E-state index contributed by atoms with van der Waals surface area (Å²) < 4.78 is 16.0. The molecule has 0 saturated carbocycles. The highest BCUT2D eigenvalue weighted by Crippen LogP contribution is 2.44. The molecule has 0 spiro atoms. The molecule has 11 nitrogen and oxygen atoms in total. The average Bonchev–Trinajstić information content (AvgIpc) is 2.82. The minimum absolute atomic E-state index is 0.0627. The van der Waals surface area contributed by atoms with Gasteiger partial charge in [0, 0.05) is 12.1 Å². The van der Waals surface area contributed by atoms with Crippen LogP contribution < -0.4 is 30.7 Å². The van der Waals surface area contributed by atoms with E-state index in [1.807, 2.05) is 0 Å². The summed E-state index contributed by atoms with van der Waals surface area (Å²) in [7, 11) is 2.83. The Morgan fingerprint density at radius 2 is 1.59 bits per heavy atom. The van der Waals surface area contributed by atoms with E-state index in [1.54, 1.807) is 45.0 Å². The van der Waals surface area contributed by atoms with E-state index in [9.17, 15) is 9.59 Å². The van der Waals surface area contributed by atoms with Crippen molar-refractivity contribution in [2.45, 2.75) is 26.4 Å². The first-order valence-electron chi connectivity index (χ1n) is 10.8. The number of benzene rings is 2. The normalized spacial score (nSPS) is 10.9. The highest BCUT2D eigenvalue weighted by Gasteiger charge is 2.28. The van der Waals surface area contributed by atoms with Crippen LogP contribution in [0.5, 0.6) is 11.5 Å². The van der Waals surface area contributed by atoms with E-state index < -0.39 is 17.7 Å². The summed E-state index contributed by atoms with van der Waals surface area (Å²) in [6.45, 7) is 5.20. The number of para-hydroxylation sites is 2. The number of anilines is 5. The first kappa shape index (κ1) is 27.6. The molecule has 1 aromatic heterocycles. The Hall–Kier alpha value is -3.96. The quantitative estimate of drug-likeness (QED) is 0.313. The van der Waals surface area contributed by atoms with Gasteiger partial charge >= 0.3 is 12.1 Å². The maximum atomic E-state index is 13.1. The van der Waals surface area contributed by atoms with Crippen LogP contribution in [0.2, 0.25) is 10.0 Å². The van der Waals surface area contributed by atoms with Crippen LogP contribution in [0, 0.1) is 0 Å². The highest BCUT2D eigenvalue weighted by molar-refractivity contribution is 6.41. The molecule has 4 N–H and O–H groups in total. The summed E-state index contributed by atoms with van der Waals surface area (Å²) in [5, 5.41) is 5.26. The van der Waals surface area contributed by atoms with Gasteiger partial charge in [0.1, 0.15) is 45.1 Å². The number of rotatable bonds is 6. The minimum Gasteiger partial charge on any atom is -0.495 e. The van der Waals surface area contributed by atoms with Crippen molar-refractivity contribution in [3.05, 3.63) is 52.8 Å². The Bertz CT molecular complexity index is 1290. The maximum absolute atomic E-state index is 13.1. The molecular weight excluding hydrogens is 523 g/mol. The van der Waals surface area contributed by atoms with Crippen LogP contribution in [-0.4, -0.2) is 41.9 Å². The number of nitrogens with zero attached hydrogens (tertiary/aromatic N) is 3. The Morgan fingerprint density at radius 1 is 0.973 bits per heavy atom. The number of hydrogen-bond donors (Lipinski definition) is 3. The van der Waals surface area contributed by atoms with E-state index >= 15 is 0 Å². The molecule has 0 aliphatic heterocycles. The summed E-state index contributed by atoms with van der Waals surface area (Å²) in [6, 6.07) is 8.86. The lowest BCUT2D eigenvalue weighted by molar-refractivity contribution is 0.0598. The SMILES string of the molecule is COc1cc(OC)c(Cl)c(NC(=O)Nc2cc(N(C(=O)OC(C)(C)C)c3ccccc3N)ncn2)c1Cl. The lowest BCUT2D eigenvalue weighted by Gasteiger charge is -2.27.